The largest absolute Gasteiger partial charge is 0.378 e. The molecular formula is C8H11NO2. The molecule has 1 rings (SSSR count). The summed E-state index contributed by atoms with van der Waals surface area (Å²) in [5.41, 5.74) is 0. The average molecular weight is 153 g/mol. The number of carbonyl (C=O) groups excluding carboxylic acids is 1. The fraction of sp³-hybridized carbons (Fsp3) is 0.750. The summed E-state index contributed by atoms with van der Waals surface area (Å²) in [6.45, 7) is 2.45. The van der Waals surface area contributed by atoms with Gasteiger partial charge in [0.15, 0.2) is 5.78 Å². The van der Waals surface area contributed by atoms with Crippen molar-refractivity contribution in [2.75, 3.05) is 6.61 Å². The Balaban J connectivity index is 2.38. The van der Waals surface area contributed by atoms with Gasteiger partial charge in [0.2, 0.25) is 0 Å². The highest BCUT2D eigenvalue weighted by atomic mass is 16.5. The van der Waals surface area contributed by atoms with Gasteiger partial charge >= 0.3 is 0 Å². The number of rotatable bonds is 2. The van der Waals surface area contributed by atoms with E-state index >= 15 is 0 Å². The molecule has 1 aliphatic heterocycles. The monoisotopic (exact) mass is 153 g/mol. The van der Waals surface area contributed by atoms with E-state index in [-0.39, 0.29) is 24.2 Å². The van der Waals surface area contributed by atoms with E-state index in [4.69, 9.17) is 10.00 Å². The van der Waals surface area contributed by atoms with Gasteiger partial charge < -0.3 is 4.74 Å². The van der Waals surface area contributed by atoms with Gasteiger partial charge in [-0.1, -0.05) is 0 Å². The molecule has 0 aromatic carbocycles. The first-order valence-electron chi connectivity index (χ1n) is 3.75. The summed E-state index contributed by atoms with van der Waals surface area (Å²) in [6, 6.07) is 1.85. The molecule has 1 fully saturated rings. The molecular weight excluding hydrogens is 142 g/mol. The Bertz CT molecular complexity index is 195. The lowest BCUT2D eigenvalue weighted by Crippen LogP contribution is -2.13. The highest BCUT2D eigenvalue weighted by Crippen LogP contribution is 2.20. The minimum atomic E-state index is -0.0235. The fourth-order valence-corrected chi connectivity index (χ4v) is 1.26. The molecule has 1 saturated heterocycles. The summed E-state index contributed by atoms with van der Waals surface area (Å²) in [5.74, 6) is 0.00139. The van der Waals surface area contributed by atoms with Crippen molar-refractivity contribution in [1.82, 2.24) is 0 Å². The molecule has 3 nitrogen and oxygen atoms in total. The maximum atomic E-state index is 11.1. The lowest BCUT2D eigenvalue weighted by molar-refractivity contribution is -0.121. The molecule has 2 unspecified atom stereocenters. The maximum absolute atomic E-state index is 11.1. The van der Waals surface area contributed by atoms with Crippen LogP contribution in [0.3, 0.4) is 0 Å². The average Bonchev–Trinajstić information content (AvgIpc) is 2.36. The molecule has 0 amide bonds. The smallest absolute Gasteiger partial charge is 0.152 e. The Morgan fingerprint density at radius 3 is 3.00 bits per heavy atom. The lowest BCUT2D eigenvalue weighted by Gasteiger charge is -2.00. The predicted molar refractivity (Wildman–Crippen MR) is 38.8 cm³/mol. The zero-order chi connectivity index (χ0) is 8.27. The summed E-state index contributed by atoms with van der Waals surface area (Å²) in [7, 11) is 0. The molecule has 0 N–H and O–H groups in total. The van der Waals surface area contributed by atoms with Gasteiger partial charge in [0.05, 0.1) is 25.2 Å². The number of carbonyl (C=O) groups is 1. The van der Waals surface area contributed by atoms with Crippen LogP contribution in [0.25, 0.3) is 0 Å². The van der Waals surface area contributed by atoms with Crippen molar-refractivity contribution in [3.63, 3.8) is 0 Å². The molecule has 3 heteroatoms. The van der Waals surface area contributed by atoms with Crippen molar-refractivity contribution in [2.45, 2.75) is 25.9 Å². The van der Waals surface area contributed by atoms with Crippen LogP contribution in [0.5, 0.6) is 0 Å². The summed E-state index contributed by atoms with van der Waals surface area (Å²) in [4.78, 5) is 11.1. The third-order valence-electron chi connectivity index (χ3n) is 1.91. The quantitative estimate of drug-likeness (QED) is 0.592. The standard InChI is InChI=1S/C8H11NO2/c1-6-4-7(5-11-6)8(10)2-3-9/h6-7H,2,4-5H2,1H3. The van der Waals surface area contributed by atoms with Crippen LogP contribution in [0, 0.1) is 17.2 Å². The topological polar surface area (TPSA) is 50.1 Å². The van der Waals surface area contributed by atoms with Crippen LogP contribution < -0.4 is 0 Å². The Morgan fingerprint density at radius 2 is 2.55 bits per heavy atom. The Morgan fingerprint density at radius 1 is 1.82 bits per heavy atom. The molecule has 60 valence electrons. The second-order valence-corrected chi connectivity index (χ2v) is 2.88. The van der Waals surface area contributed by atoms with Gasteiger partial charge in [-0.2, -0.15) is 5.26 Å². The molecule has 0 aromatic heterocycles. The number of nitrogens with zero attached hydrogens (tertiary/aromatic N) is 1. The fourth-order valence-electron chi connectivity index (χ4n) is 1.26. The second-order valence-electron chi connectivity index (χ2n) is 2.88. The summed E-state index contributed by atoms with van der Waals surface area (Å²) in [6.07, 6.45) is 0.990. The van der Waals surface area contributed by atoms with Crippen molar-refractivity contribution >= 4 is 5.78 Å². The van der Waals surface area contributed by atoms with Crippen LogP contribution in [0.1, 0.15) is 19.8 Å². The van der Waals surface area contributed by atoms with Crippen LogP contribution in [0.2, 0.25) is 0 Å². The van der Waals surface area contributed by atoms with Gasteiger partial charge in [0.25, 0.3) is 0 Å². The maximum Gasteiger partial charge on any atom is 0.152 e. The van der Waals surface area contributed by atoms with E-state index in [9.17, 15) is 4.79 Å². The Hall–Kier alpha value is -0.880. The summed E-state index contributed by atoms with van der Waals surface area (Å²) in [5, 5.41) is 8.25. The van der Waals surface area contributed by atoms with Crippen LogP contribution in [-0.4, -0.2) is 18.5 Å². The molecule has 0 bridgehead atoms. The molecule has 2 atom stereocenters. The third kappa shape index (κ3) is 2.02. The van der Waals surface area contributed by atoms with Crippen molar-refractivity contribution in [3.05, 3.63) is 0 Å². The van der Waals surface area contributed by atoms with Crippen molar-refractivity contribution < 1.29 is 9.53 Å². The first kappa shape index (κ1) is 8.22. The summed E-state index contributed by atoms with van der Waals surface area (Å²) < 4.78 is 5.20. The molecule has 1 heterocycles. The van der Waals surface area contributed by atoms with Crippen molar-refractivity contribution in [3.8, 4) is 6.07 Å². The van der Waals surface area contributed by atoms with E-state index in [1.54, 1.807) is 0 Å². The summed E-state index contributed by atoms with van der Waals surface area (Å²) >= 11 is 0. The van der Waals surface area contributed by atoms with Crippen LogP contribution in [0.4, 0.5) is 0 Å². The normalized spacial score (nSPS) is 29.8. The van der Waals surface area contributed by atoms with Gasteiger partial charge in [-0.25, -0.2) is 0 Å². The molecule has 0 aromatic rings. The molecule has 11 heavy (non-hydrogen) atoms. The minimum Gasteiger partial charge on any atom is -0.378 e. The number of ether oxygens (including phenoxy) is 1. The van der Waals surface area contributed by atoms with E-state index in [1.807, 2.05) is 13.0 Å². The number of ketones is 1. The van der Waals surface area contributed by atoms with Gasteiger partial charge in [-0.15, -0.1) is 0 Å². The third-order valence-corrected chi connectivity index (χ3v) is 1.91. The zero-order valence-corrected chi connectivity index (χ0v) is 6.54. The van der Waals surface area contributed by atoms with Gasteiger partial charge in [0, 0.05) is 5.92 Å². The van der Waals surface area contributed by atoms with Crippen LogP contribution >= 0.6 is 0 Å². The highest BCUT2D eigenvalue weighted by molar-refractivity contribution is 5.83. The van der Waals surface area contributed by atoms with Crippen LogP contribution in [-0.2, 0) is 9.53 Å². The van der Waals surface area contributed by atoms with Crippen molar-refractivity contribution in [2.24, 2.45) is 5.92 Å². The molecule has 1 aliphatic rings. The SMILES string of the molecule is CC1CC(C(=O)CC#N)CO1. The van der Waals surface area contributed by atoms with E-state index < -0.39 is 0 Å². The molecule has 0 radical (unpaired) electrons. The number of hydrogen-bond donors (Lipinski definition) is 0. The zero-order valence-electron chi connectivity index (χ0n) is 6.54. The minimum absolute atomic E-state index is 0.0235. The lowest BCUT2D eigenvalue weighted by atomic mass is 9.99. The number of hydrogen-bond acceptors (Lipinski definition) is 3. The molecule has 0 saturated carbocycles. The molecule has 0 aliphatic carbocycles. The van der Waals surface area contributed by atoms with Gasteiger partial charge in [0.1, 0.15) is 0 Å². The number of Topliss-reactive ketones (excluding diaryl/α,β-unsaturated/α-hetero) is 1. The van der Waals surface area contributed by atoms with E-state index in [0.29, 0.717) is 6.61 Å². The second kappa shape index (κ2) is 3.49. The van der Waals surface area contributed by atoms with Crippen LogP contribution in [0.15, 0.2) is 0 Å². The van der Waals surface area contributed by atoms with E-state index in [1.165, 1.54) is 0 Å². The first-order chi connectivity index (χ1) is 5.24. The van der Waals surface area contributed by atoms with Crippen molar-refractivity contribution in [1.29, 1.82) is 5.26 Å². The Labute approximate surface area is 66.0 Å². The molecule has 0 spiro atoms. The van der Waals surface area contributed by atoms with Gasteiger partial charge in [-0.3, -0.25) is 4.79 Å². The highest BCUT2D eigenvalue weighted by Gasteiger charge is 2.27. The van der Waals surface area contributed by atoms with Gasteiger partial charge in [-0.05, 0) is 13.3 Å². The Kier molecular flexibility index (Phi) is 2.61. The first-order valence-corrected chi connectivity index (χ1v) is 3.75. The number of nitriles is 1. The predicted octanol–water partition coefficient (Wildman–Crippen LogP) is 0.894. The van der Waals surface area contributed by atoms with E-state index in [0.717, 1.165) is 6.42 Å². The van der Waals surface area contributed by atoms with E-state index in [2.05, 4.69) is 0 Å².